The highest BCUT2D eigenvalue weighted by Crippen LogP contribution is 2.37. The van der Waals surface area contributed by atoms with Crippen LogP contribution in [0.25, 0.3) is 10.8 Å². The Morgan fingerprint density at radius 2 is 1.21 bits per heavy atom. The predicted octanol–water partition coefficient (Wildman–Crippen LogP) is 1.77. The first kappa shape index (κ1) is 16.3. The van der Waals surface area contributed by atoms with E-state index in [1.807, 2.05) is 36.1 Å². The third kappa shape index (κ3) is 2.13. The largest absolute Gasteiger partial charge is 0.386 e. The summed E-state index contributed by atoms with van der Waals surface area (Å²) < 4.78 is 6.60. The number of esters is 2. The summed E-state index contributed by atoms with van der Waals surface area (Å²) in [6, 6.07) is 9.63. The molecule has 3 heterocycles. The molecule has 1 aromatic heterocycles. The van der Waals surface area contributed by atoms with E-state index in [4.69, 9.17) is 4.74 Å². The summed E-state index contributed by atoms with van der Waals surface area (Å²) in [5.41, 5.74) is 1.76. The Labute approximate surface area is 158 Å². The molecule has 2 aromatic carbocycles. The van der Waals surface area contributed by atoms with E-state index in [9.17, 15) is 19.2 Å². The van der Waals surface area contributed by atoms with Gasteiger partial charge in [0.2, 0.25) is 0 Å². The van der Waals surface area contributed by atoms with Gasteiger partial charge in [0.1, 0.15) is 7.05 Å². The average Bonchev–Trinajstić information content (AvgIpc) is 2.69. The van der Waals surface area contributed by atoms with Gasteiger partial charge in [0.15, 0.2) is 12.4 Å². The van der Waals surface area contributed by atoms with Crippen LogP contribution in [0.15, 0.2) is 48.8 Å². The zero-order chi connectivity index (χ0) is 19.6. The predicted molar refractivity (Wildman–Crippen MR) is 95.5 cm³/mol. The number of imide groups is 1. The highest BCUT2D eigenvalue weighted by molar-refractivity contribution is 6.31. The lowest BCUT2D eigenvalue weighted by molar-refractivity contribution is -0.671. The third-order valence-corrected chi connectivity index (χ3v) is 5.13. The molecule has 7 heteroatoms. The van der Waals surface area contributed by atoms with E-state index in [0.29, 0.717) is 21.9 Å². The fourth-order valence-corrected chi connectivity index (χ4v) is 3.73. The number of rotatable bonds is 2. The van der Waals surface area contributed by atoms with Gasteiger partial charge in [-0.1, -0.05) is 0 Å². The van der Waals surface area contributed by atoms with Crippen molar-refractivity contribution in [3.05, 3.63) is 76.6 Å². The minimum atomic E-state index is -0.777. The van der Waals surface area contributed by atoms with E-state index in [2.05, 4.69) is 0 Å². The number of nitrogens with zero attached hydrogens (tertiary/aromatic N) is 2. The number of carbonyl (C=O) groups excluding carboxylic acids is 4. The number of carbonyl (C=O) groups is 4. The molecule has 7 nitrogen and oxygen atoms in total. The number of aromatic nitrogens is 1. The molecule has 5 rings (SSSR count). The molecule has 2 aliphatic rings. The summed E-state index contributed by atoms with van der Waals surface area (Å²) in [7, 11) is 1.88. The van der Waals surface area contributed by atoms with E-state index >= 15 is 0 Å². The summed E-state index contributed by atoms with van der Waals surface area (Å²) in [5, 5.41) is 0.648. The topological polar surface area (TPSA) is 84.6 Å². The maximum atomic E-state index is 13.1. The van der Waals surface area contributed by atoms with Crippen LogP contribution < -0.4 is 4.57 Å². The molecule has 2 amide bonds. The van der Waals surface area contributed by atoms with E-state index in [1.54, 1.807) is 0 Å². The van der Waals surface area contributed by atoms with Crippen LogP contribution in [0.3, 0.4) is 0 Å². The summed E-state index contributed by atoms with van der Waals surface area (Å²) >= 11 is 0. The van der Waals surface area contributed by atoms with Gasteiger partial charge in [-0.3, -0.25) is 14.5 Å². The van der Waals surface area contributed by atoms with Gasteiger partial charge in [0.25, 0.3) is 11.8 Å². The van der Waals surface area contributed by atoms with Gasteiger partial charge >= 0.3 is 11.9 Å². The van der Waals surface area contributed by atoms with Gasteiger partial charge in [-0.25, -0.2) is 14.2 Å². The number of benzene rings is 2. The molecule has 0 unspecified atom stereocenters. The smallest absolute Gasteiger partial charge is 0.346 e. The summed E-state index contributed by atoms with van der Waals surface area (Å²) in [6.45, 7) is 0.129. The van der Waals surface area contributed by atoms with Gasteiger partial charge in [0, 0.05) is 34.0 Å². The first-order chi connectivity index (χ1) is 13.5. The molecule has 0 saturated heterocycles. The first-order valence-electron chi connectivity index (χ1n) is 8.62. The number of aryl methyl sites for hydroxylation is 1. The molecular formula is C21H13N2O5+. The molecule has 3 aromatic rings. The molecule has 0 fully saturated rings. The van der Waals surface area contributed by atoms with Crippen LogP contribution in [0.1, 0.15) is 47.0 Å². The molecule has 136 valence electrons. The Bertz CT molecular complexity index is 1180. The minimum absolute atomic E-state index is 0.129. The normalized spacial score (nSPS) is 15.2. The lowest BCUT2D eigenvalue weighted by Gasteiger charge is -2.29. The van der Waals surface area contributed by atoms with Gasteiger partial charge in [0.05, 0.1) is 17.7 Å². The molecule has 0 spiro atoms. The number of pyridine rings is 1. The monoisotopic (exact) mass is 373 g/mol. The third-order valence-electron chi connectivity index (χ3n) is 5.13. The number of hydrogen-bond acceptors (Lipinski definition) is 5. The van der Waals surface area contributed by atoms with Gasteiger partial charge in [-0.05, 0) is 29.8 Å². The zero-order valence-corrected chi connectivity index (χ0v) is 14.8. The maximum absolute atomic E-state index is 13.1. The van der Waals surface area contributed by atoms with Crippen LogP contribution in [0.2, 0.25) is 0 Å². The summed E-state index contributed by atoms with van der Waals surface area (Å²) in [4.78, 5) is 51.5. The lowest BCUT2D eigenvalue weighted by Crippen LogP contribution is -2.40. The van der Waals surface area contributed by atoms with Crippen molar-refractivity contribution in [2.24, 2.45) is 7.05 Å². The van der Waals surface area contributed by atoms with E-state index in [1.165, 1.54) is 29.2 Å². The zero-order valence-electron chi connectivity index (χ0n) is 14.8. The second kappa shape index (κ2) is 5.56. The van der Waals surface area contributed by atoms with Crippen LogP contribution in [-0.2, 0) is 18.3 Å². The van der Waals surface area contributed by atoms with Gasteiger partial charge in [-0.2, -0.15) is 0 Å². The number of amides is 2. The Kier molecular flexibility index (Phi) is 3.24. The van der Waals surface area contributed by atoms with E-state index in [0.717, 1.165) is 5.56 Å². The van der Waals surface area contributed by atoms with E-state index < -0.39 is 23.8 Å². The number of ether oxygens (including phenoxy) is 1. The van der Waals surface area contributed by atoms with Crippen molar-refractivity contribution in [1.82, 2.24) is 4.90 Å². The Morgan fingerprint density at radius 3 is 1.75 bits per heavy atom. The van der Waals surface area contributed by atoms with Crippen molar-refractivity contribution >= 4 is 34.5 Å². The fraction of sp³-hybridized carbons (Fsp3) is 0.0952. The molecule has 0 N–H and O–H groups in total. The lowest BCUT2D eigenvalue weighted by atomic mass is 9.87. The Balaban J connectivity index is 1.69. The molecular weight excluding hydrogens is 360 g/mol. The fourth-order valence-electron chi connectivity index (χ4n) is 3.73. The van der Waals surface area contributed by atoms with Crippen molar-refractivity contribution in [2.75, 3.05) is 0 Å². The van der Waals surface area contributed by atoms with Crippen LogP contribution in [0.5, 0.6) is 0 Å². The van der Waals surface area contributed by atoms with Crippen LogP contribution in [0, 0.1) is 0 Å². The molecule has 0 aliphatic carbocycles. The van der Waals surface area contributed by atoms with E-state index in [-0.39, 0.29) is 17.7 Å². The quantitative estimate of drug-likeness (QED) is 0.296. The summed E-state index contributed by atoms with van der Waals surface area (Å²) in [6.07, 6.45) is 3.68. The first-order valence-corrected chi connectivity index (χ1v) is 8.62. The average molecular weight is 373 g/mol. The van der Waals surface area contributed by atoms with Crippen molar-refractivity contribution in [2.45, 2.75) is 6.54 Å². The minimum Gasteiger partial charge on any atom is -0.386 e. The Hall–Kier alpha value is -3.87. The molecule has 2 aliphatic heterocycles. The van der Waals surface area contributed by atoms with Crippen molar-refractivity contribution in [3.8, 4) is 0 Å². The van der Waals surface area contributed by atoms with Gasteiger partial charge < -0.3 is 4.74 Å². The number of hydrogen-bond donors (Lipinski definition) is 0. The highest BCUT2D eigenvalue weighted by atomic mass is 16.6. The van der Waals surface area contributed by atoms with Crippen molar-refractivity contribution < 1.29 is 28.5 Å². The van der Waals surface area contributed by atoms with Gasteiger partial charge in [-0.15, -0.1) is 0 Å². The standard InChI is InChI=1S/C21H13N2O5/c1-22-8-6-11(7-9-22)10-23-18(24)12-2-4-14-17-15(21(27)28-20(14)26)5-3-13(16(12)17)19(23)25/h2-9H,10H2,1H3/q+1. The number of cyclic esters (lactones) is 2. The van der Waals surface area contributed by atoms with Crippen LogP contribution >= 0.6 is 0 Å². The molecule has 0 radical (unpaired) electrons. The molecule has 0 bridgehead atoms. The highest BCUT2D eigenvalue weighted by Gasteiger charge is 2.37. The second-order valence-corrected chi connectivity index (χ2v) is 6.82. The molecule has 28 heavy (non-hydrogen) atoms. The SMILES string of the molecule is C[n+]1ccc(CN2C(=O)c3ccc4c5c(ccc(c35)C2=O)C(=O)OC4=O)cc1. The maximum Gasteiger partial charge on any atom is 0.346 e. The van der Waals surface area contributed by atoms with Crippen molar-refractivity contribution in [1.29, 1.82) is 0 Å². The van der Waals surface area contributed by atoms with Crippen molar-refractivity contribution in [3.63, 3.8) is 0 Å². The second-order valence-electron chi connectivity index (χ2n) is 6.82. The molecule has 0 atom stereocenters. The summed E-state index contributed by atoms with van der Waals surface area (Å²) in [5.74, 6) is -2.47. The van der Waals surface area contributed by atoms with Crippen LogP contribution in [0.4, 0.5) is 0 Å². The molecule has 0 saturated carbocycles. The Morgan fingerprint density at radius 1 is 0.750 bits per heavy atom. The van der Waals surface area contributed by atoms with Crippen LogP contribution in [-0.4, -0.2) is 28.7 Å².